The molecule has 0 heterocycles. The van der Waals surface area contributed by atoms with Gasteiger partial charge in [-0.15, -0.1) is 0 Å². The van der Waals surface area contributed by atoms with Crippen molar-refractivity contribution in [3.05, 3.63) is 165 Å². The summed E-state index contributed by atoms with van der Waals surface area (Å²) in [5, 5.41) is 0. The first-order chi connectivity index (χ1) is 17.1. The Kier molecular flexibility index (Phi) is 9.65. The molecule has 174 valence electrons. The maximum Gasteiger partial charge on any atom is 0.0533 e. The standard InChI is InChI=1S/C34H33N/c1-5-7-8-14-27-35(32(16-6-2)20-15-17-28(3)4)34-22-13-12-21-33(34)31-25-23-30(24-26-31)29-18-10-9-11-19-29/h5-16,18-27H,1-3,17H2,4H3/b8-7-,20-15-,27-14+,32-16+. The van der Waals surface area contributed by atoms with E-state index in [1.54, 1.807) is 6.08 Å². The van der Waals surface area contributed by atoms with Crippen LogP contribution >= 0.6 is 0 Å². The van der Waals surface area contributed by atoms with E-state index in [9.17, 15) is 0 Å². The Balaban J connectivity index is 2.06. The monoisotopic (exact) mass is 455 g/mol. The molecule has 1 nitrogen and oxygen atoms in total. The molecule has 0 aliphatic heterocycles. The Labute approximate surface area is 210 Å². The van der Waals surface area contributed by atoms with Crippen molar-refractivity contribution in [3.8, 4) is 22.3 Å². The minimum absolute atomic E-state index is 0.824. The van der Waals surface area contributed by atoms with Gasteiger partial charge in [-0.05, 0) is 54.3 Å². The molecule has 0 aromatic heterocycles. The summed E-state index contributed by atoms with van der Waals surface area (Å²) >= 11 is 0. The fraction of sp³-hybridized carbons (Fsp3) is 0.0588. The quantitative estimate of drug-likeness (QED) is 0.205. The van der Waals surface area contributed by atoms with E-state index in [0.717, 1.165) is 34.5 Å². The van der Waals surface area contributed by atoms with Gasteiger partial charge >= 0.3 is 0 Å². The summed E-state index contributed by atoms with van der Waals surface area (Å²) in [6.45, 7) is 13.8. The topological polar surface area (TPSA) is 3.24 Å². The van der Waals surface area contributed by atoms with Crippen LogP contribution < -0.4 is 4.90 Å². The highest BCUT2D eigenvalue weighted by Gasteiger charge is 2.13. The molecule has 0 aliphatic rings. The Morgan fingerprint density at radius 1 is 0.743 bits per heavy atom. The van der Waals surface area contributed by atoms with Gasteiger partial charge < -0.3 is 4.90 Å². The van der Waals surface area contributed by atoms with Crippen LogP contribution in [0.25, 0.3) is 22.3 Å². The maximum absolute atomic E-state index is 4.02. The molecule has 1 heteroatoms. The average Bonchev–Trinajstić information content (AvgIpc) is 2.89. The first kappa shape index (κ1) is 25.3. The van der Waals surface area contributed by atoms with Crippen LogP contribution in [0.5, 0.6) is 0 Å². The van der Waals surface area contributed by atoms with Crippen molar-refractivity contribution in [2.45, 2.75) is 13.3 Å². The van der Waals surface area contributed by atoms with Crippen LogP contribution in [-0.4, -0.2) is 0 Å². The summed E-state index contributed by atoms with van der Waals surface area (Å²) in [5.74, 6) is 0. The summed E-state index contributed by atoms with van der Waals surface area (Å²) < 4.78 is 0. The minimum Gasteiger partial charge on any atom is -0.317 e. The molecule has 0 amide bonds. The molecule has 0 unspecified atom stereocenters. The Hall–Kier alpha value is -4.36. The lowest BCUT2D eigenvalue weighted by Gasteiger charge is -2.25. The molecule has 0 fully saturated rings. The van der Waals surface area contributed by atoms with E-state index < -0.39 is 0 Å². The Bertz CT molecular complexity index is 1250. The third-order valence-electron chi connectivity index (χ3n) is 5.38. The third kappa shape index (κ3) is 7.31. The fourth-order valence-electron chi connectivity index (χ4n) is 3.70. The number of para-hydroxylation sites is 1. The van der Waals surface area contributed by atoms with E-state index in [0.29, 0.717) is 0 Å². The number of benzene rings is 3. The Morgan fingerprint density at radius 3 is 2.09 bits per heavy atom. The van der Waals surface area contributed by atoms with E-state index >= 15 is 0 Å². The SMILES string of the molecule is C=C/C=C\C=C\N(C(/C=C\CC(=C)C)=C/C=C)c1ccccc1-c1ccc(-c2ccccc2)cc1. The lowest BCUT2D eigenvalue weighted by molar-refractivity contribution is 1.18. The highest BCUT2D eigenvalue weighted by molar-refractivity contribution is 5.82. The van der Waals surface area contributed by atoms with Crippen LogP contribution in [0.3, 0.4) is 0 Å². The molecular formula is C34H33N. The molecule has 0 saturated heterocycles. The van der Waals surface area contributed by atoms with E-state index in [-0.39, 0.29) is 0 Å². The fourth-order valence-corrected chi connectivity index (χ4v) is 3.70. The number of hydrogen-bond donors (Lipinski definition) is 0. The van der Waals surface area contributed by atoms with Gasteiger partial charge in [-0.1, -0.05) is 128 Å². The molecule has 35 heavy (non-hydrogen) atoms. The highest BCUT2D eigenvalue weighted by Crippen LogP contribution is 2.34. The number of allylic oxidation sites excluding steroid dienone is 9. The lowest BCUT2D eigenvalue weighted by atomic mass is 9.98. The first-order valence-electron chi connectivity index (χ1n) is 11.8. The van der Waals surface area contributed by atoms with Crippen LogP contribution in [-0.2, 0) is 0 Å². The normalized spacial score (nSPS) is 11.9. The maximum atomic E-state index is 4.02. The largest absolute Gasteiger partial charge is 0.317 e. The molecule has 0 spiro atoms. The number of nitrogens with zero attached hydrogens (tertiary/aromatic N) is 1. The molecule has 3 aromatic carbocycles. The van der Waals surface area contributed by atoms with Gasteiger partial charge in [-0.3, -0.25) is 0 Å². The van der Waals surface area contributed by atoms with Crippen molar-refractivity contribution in [1.29, 1.82) is 0 Å². The average molecular weight is 456 g/mol. The molecule has 0 N–H and O–H groups in total. The molecular weight excluding hydrogens is 422 g/mol. The molecule has 0 bridgehead atoms. The van der Waals surface area contributed by atoms with Gasteiger partial charge in [0.05, 0.1) is 5.69 Å². The van der Waals surface area contributed by atoms with Crippen molar-refractivity contribution in [2.75, 3.05) is 4.90 Å². The second kappa shape index (κ2) is 13.4. The predicted octanol–water partition coefficient (Wildman–Crippen LogP) is 9.68. The van der Waals surface area contributed by atoms with Crippen LogP contribution in [0.2, 0.25) is 0 Å². The molecule has 0 saturated carbocycles. The summed E-state index contributed by atoms with van der Waals surface area (Å²) in [6.07, 6.45) is 18.6. The van der Waals surface area contributed by atoms with Gasteiger partial charge in [0.1, 0.15) is 0 Å². The zero-order valence-corrected chi connectivity index (χ0v) is 20.5. The second-order valence-electron chi connectivity index (χ2n) is 8.18. The summed E-state index contributed by atoms with van der Waals surface area (Å²) in [7, 11) is 0. The number of anilines is 1. The molecule has 3 aromatic rings. The van der Waals surface area contributed by atoms with Crippen molar-refractivity contribution in [2.24, 2.45) is 0 Å². The van der Waals surface area contributed by atoms with E-state index in [1.807, 2.05) is 43.4 Å². The van der Waals surface area contributed by atoms with Gasteiger partial charge in [0.2, 0.25) is 0 Å². The van der Waals surface area contributed by atoms with Crippen molar-refractivity contribution in [3.63, 3.8) is 0 Å². The van der Waals surface area contributed by atoms with Crippen LogP contribution in [0.4, 0.5) is 5.69 Å². The van der Waals surface area contributed by atoms with Crippen molar-refractivity contribution >= 4 is 5.69 Å². The molecule has 0 aliphatic carbocycles. The van der Waals surface area contributed by atoms with Gasteiger partial charge in [-0.25, -0.2) is 0 Å². The van der Waals surface area contributed by atoms with Crippen LogP contribution in [0.15, 0.2) is 165 Å². The lowest BCUT2D eigenvalue weighted by Crippen LogP contribution is -2.15. The summed E-state index contributed by atoms with van der Waals surface area (Å²) in [6, 6.07) is 27.6. The third-order valence-corrected chi connectivity index (χ3v) is 5.38. The molecule has 0 atom stereocenters. The smallest absolute Gasteiger partial charge is 0.0533 e. The zero-order chi connectivity index (χ0) is 24.9. The van der Waals surface area contributed by atoms with Crippen molar-refractivity contribution in [1.82, 2.24) is 0 Å². The molecule has 0 radical (unpaired) electrons. The zero-order valence-electron chi connectivity index (χ0n) is 20.5. The van der Waals surface area contributed by atoms with E-state index in [1.165, 1.54) is 11.1 Å². The summed E-state index contributed by atoms with van der Waals surface area (Å²) in [4.78, 5) is 2.18. The predicted molar refractivity (Wildman–Crippen MR) is 155 cm³/mol. The number of hydrogen-bond acceptors (Lipinski definition) is 1. The van der Waals surface area contributed by atoms with E-state index in [2.05, 4.69) is 116 Å². The van der Waals surface area contributed by atoms with Gasteiger partial charge in [0, 0.05) is 17.5 Å². The Morgan fingerprint density at radius 2 is 1.40 bits per heavy atom. The number of rotatable bonds is 11. The van der Waals surface area contributed by atoms with E-state index in [4.69, 9.17) is 0 Å². The second-order valence-corrected chi connectivity index (χ2v) is 8.18. The first-order valence-corrected chi connectivity index (χ1v) is 11.8. The van der Waals surface area contributed by atoms with Gasteiger partial charge in [-0.2, -0.15) is 0 Å². The van der Waals surface area contributed by atoms with Crippen LogP contribution in [0.1, 0.15) is 13.3 Å². The van der Waals surface area contributed by atoms with Crippen molar-refractivity contribution < 1.29 is 0 Å². The minimum atomic E-state index is 0.824. The molecule has 3 rings (SSSR count). The summed E-state index contributed by atoms with van der Waals surface area (Å²) in [5.41, 5.74) is 7.93. The highest BCUT2D eigenvalue weighted by atomic mass is 15.1. The van der Waals surface area contributed by atoms with Gasteiger partial charge in [0.25, 0.3) is 0 Å². The van der Waals surface area contributed by atoms with Crippen LogP contribution in [0, 0.1) is 0 Å². The van der Waals surface area contributed by atoms with Gasteiger partial charge in [0.15, 0.2) is 0 Å².